The van der Waals surface area contributed by atoms with Gasteiger partial charge in [0, 0.05) is 17.0 Å². The van der Waals surface area contributed by atoms with Crippen molar-refractivity contribution in [3.8, 4) is 17.1 Å². The predicted molar refractivity (Wildman–Crippen MR) is 106 cm³/mol. The number of aromatic carboxylic acids is 1. The molecule has 0 radical (unpaired) electrons. The van der Waals surface area contributed by atoms with Crippen LogP contribution in [0.15, 0.2) is 47.0 Å². The van der Waals surface area contributed by atoms with Crippen molar-refractivity contribution in [3.05, 3.63) is 65.3 Å². The quantitative estimate of drug-likeness (QED) is 0.523. The van der Waals surface area contributed by atoms with Crippen molar-refractivity contribution in [1.29, 1.82) is 0 Å². The number of benzene rings is 2. The molecule has 0 unspecified atom stereocenters. The van der Waals surface area contributed by atoms with E-state index in [1.807, 2.05) is 20.8 Å². The first-order valence-corrected chi connectivity index (χ1v) is 9.47. The number of aromatic nitrogens is 2. The lowest BCUT2D eigenvalue weighted by atomic mass is 10.0. The summed E-state index contributed by atoms with van der Waals surface area (Å²) in [6.45, 7) is 5.56. The zero-order chi connectivity index (χ0) is 21.8. The molecule has 0 bridgehead atoms. The molecule has 0 aliphatic heterocycles. The topological polar surface area (TPSA) is 103 Å². The number of hydrogen-bond acceptors (Lipinski definition) is 6. The SMILES string of the molecule is CC[C@@H](Oc1ccc(C(=O)C(C)C)cc1)c1nc(-c2ccc(C(=O)O)c(F)c2)no1. The molecule has 0 aliphatic rings. The fourth-order valence-electron chi connectivity index (χ4n) is 2.81. The van der Waals surface area contributed by atoms with Gasteiger partial charge >= 0.3 is 5.97 Å². The van der Waals surface area contributed by atoms with Crippen molar-refractivity contribution in [2.45, 2.75) is 33.3 Å². The van der Waals surface area contributed by atoms with Crippen LogP contribution in [0.3, 0.4) is 0 Å². The summed E-state index contributed by atoms with van der Waals surface area (Å²) in [6.07, 6.45) is -0.0123. The number of nitrogens with zero attached hydrogens (tertiary/aromatic N) is 2. The fourth-order valence-corrected chi connectivity index (χ4v) is 2.81. The summed E-state index contributed by atoms with van der Waals surface area (Å²) < 4.78 is 25.1. The van der Waals surface area contributed by atoms with Crippen LogP contribution >= 0.6 is 0 Å². The average molecular weight is 412 g/mol. The zero-order valence-corrected chi connectivity index (χ0v) is 16.8. The van der Waals surface area contributed by atoms with E-state index in [0.29, 0.717) is 23.3 Å². The number of ether oxygens (including phenoxy) is 1. The van der Waals surface area contributed by atoms with E-state index in [1.54, 1.807) is 24.3 Å². The molecule has 1 N–H and O–H groups in total. The number of carbonyl (C=O) groups excluding carboxylic acids is 1. The van der Waals surface area contributed by atoms with Gasteiger partial charge in [-0.25, -0.2) is 9.18 Å². The van der Waals surface area contributed by atoms with Gasteiger partial charge in [-0.15, -0.1) is 0 Å². The third-order valence-corrected chi connectivity index (χ3v) is 4.49. The lowest BCUT2D eigenvalue weighted by Gasteiger charge is -2.14. The molecule has 0 spiro atoms. The van der Waals surface area contributed by atoms with E-state index in [2.05, 4.69) is 10.1 Å². The number of halogens is 1. The van der Waals surface area contributed by atoms with Crippen LogP contribution in [0, 0.1) is 11.7 Å². The highest BCUT2D eigenvalue weighted by Crippen LogP contribution is 2.27. The maximum absolute atomic E-state index is 13.9. The lowest BCUT2D eigenvalue weighted by Crippen LogP contribution is -2.09. The van der Waals surface area contributed by atoms with Gasteiger partial charge in [-0.1, -0.05) is 25.9 Å². The molecule has 1 heterocycles. The Morgan fingerprint density at radius 3 is 2.43 bits per heavy atom. The second kappa shape index (κ2) is 8.86. The van der Waals surface area contributed by atoms with Crippen molar-refractivity contribution in [2.75, 3.05) is 0 Å². The monoisotopic (exact) mass is 412 g/mol. The summed E-state index contributed by atoms with van der Waals surface area (Å²) in [5, 5.41) is 12.8. The third-order valence-electron chi connectivity index (χ3n) is 4.49. The van der Waals surface area contributed by atoms with Crippen LogP contribution in [0.25, 0.3) is 11.4 Å². The van der Waals surface area contributed by atoms with Gasteiger partial charge in [0.2, 0.25) is 5.82 Å². The first-order valence-electron chi connectivity index (χ1n) is 9.47. The van der Waals surface area contributed by atoms with Crippen LogP contribution in [0.4, 0.5) is 4.39 Å². The van der Waals surface area contributed by atoms with Crippen LogP contribution in [-0.4, -0.2) is 27.0 Å². The molecular formula is C22H21FN2O5. The lowest BCUT2D eigenvalue weighted by molar-refractivity contribution is 0.0691. The first kappa shape index (κ1) is 21.2. The molecule has 3 rings (SSSR count). The molecule has 0 fully saturated rings. The molecule has 8 heteroatoms. The molecule has 1 atom stereocenters. The minimum absolute atomic E-state index is 0.0521. The Bertz CT molecular complexity index is 1060. The molecule has 0 amide bonds. The molecule has 156 valence electrons. The van der Waals surface area contributed by atoms with Crippen LogP contribution in [-0.2, 0) is 0 Å². The Balaban J connectivity index is 1.77. The number of carbonyl (C=O) groups is 2. The maximum Gasteiger partial charge on any atom is 0.338 e. The molecule has 0 aliphatic carbocycles. The van der Waals surface area contributed by atoms with E-state index in [9.17, 15) is 14.0 Å². The Labute approximate surface area is 172 Å². The van der Waals surface area contributed by atoms with Crippen LogP contribution < -0.4 is 4.74 Å². The van der Waals surface area contributed by atoms with Gasteiger partial charge in [0.25, 0.3) is 5.89 Å². The van der Waals surface area contributed by atoms with Gasteiger partial charge in [-0.2, -0.15) is 4.98 Å². The van der Waals surface area contributed by atoms with Crippen LogP contribution in [0.5, 0.6) is 5.75 Å². The predicted octanol–water partition coefficient (Wildman–Crippen LogP) is 4.94. The summed E-state index contributed by atoms with van der Waals surface area (Å²) in [7, 11) is 0. The zero-order valence-electron chi connectivity index (χ0n) is 16.8. The highest BCUT2D eigenvalue weighted by Gasteiger charge is 2.21. The van der Waals surface area contributed by atoms with Crippen molar-refractivity contribution in [2.24, 2.45) is 5.92 Å². The van der Waals surface area contributed by atoms with Crippen molar-refractivity contribution < 1.29 is 28.3 Å². The molecule has 2 aromatic carbocycles. The number of ketones is 1. The second-order valence-electron chi connectivity index (χ2n) is 7.01. The van der Waals surface area contributed by atoms with Crippen molar-refractivity contribution >= 4 is 11.8 Å². The van der Waals surface area contributed by atoms with Crippen LogP contribution in [0.1, 0.15) is 59.9 Å². The van der Waals surface area contributed by atoms with Crippen LogP contribution in [0.2, 0.25) is 0 Å². The molecule has 3 aromatic rings. The standard InChI is InChI=1S/C22H21FN2O5/c1-4-18(29-15-8-5-13(6-9-15)19(26)12(2)3)21-24-20(25-30-21)14-7-10-16(22(27)28)17(23)11-14/h5-12,18H,4H2,1-3H3,(H,27,28)/t18-/m1/s1. The third kappa shape index (κ3) is 4.53. The largest absolute Gasteiger partial charge is 0.481 e. The van der Waals surface area contributed by atoms with E-state index in [4.69, 9.17) is 14.4 Å². The summed E-state index contributed by atoms with van der Waals surface area (Å²) in [4.78, 5) is 27.2. The molecule has 30 heavy (non-hydrogen) atoms. The van der Waals surface area contributed by atoms with E-state index in [0.717, 1.165) is 12.1 Å². The number of rotatable bonds is 8. The summed E-state index contributed by atoms with van der Waals surface area (Å²) >= 11 is 0. The summed E-state index contributed by atoms with van der Waals surface area (Å²) in [5.41, 5.74) is 0.466. The van der Waals surface area contributed by atoms with Gasteiger partial charge in [0.1, 0.15) is 11.6 Å². The van der Waals surface area contributed by atoms with Crippen molar-refractivity contribution in [3.63, 3.8) is 0 Å². The Morgan fingerprint density at radius 1 is 1.17 bits per heavy atom. The minimum atomic E-state index is -1.35. The number of carboxylic acid groups (broad SMARTS) is 1. The number of carboxylic acids is 1. The average Bonchev–Trinajstić information content (AvgIpc) is 3.21. The van der Waals surface area contributed by atoms with Crippen molar-refractivity contribution in [1.82, 2.24) is 10.1 Å². The van der Waals surface area contributed by atoms with Gasteiger partial charge in [-0.05, 0) is 48.9 Å². The highest BCUT2D eigenvalue weighted by atomic mass is 19.1. The second-order valence-corrected chi connectivity index (χ2v) is 7.01. The highest BCUT2D eigenvalue weighted by molar-refractivity contribution is 5.97. The van der Waals surface area contributed by atoms with Gasteiger partial charge in [0.05, 0.1) is 5.56 Å². The summed E-state index contributed by atoms with van der Waals surface area (Å²) in [6, 6.07) is 10.4. The van der Waals surface area contributed by atoms with E-state index >= 15 is 0 Å². The van der Waals surface area contributed by atoms with E-state index < -0.39 is 23.5 Å². The Hall–Kier alpha value is -3.55. The van der Waals surface area contributed by atoms with Gasteiger partial charge in [0.15, 0.2) is 11.9 Å². The molecule has 1 aromatic heterocycles. The molecule has 7 nitrogen and oxygen atoms in total. The summed E-state index contributed by atoms with van der Waals surface area (Å²) in [5.74, 6) is -1.40. The smallest absolute Gasteiger partial charge is 0.338 e. The normalized spacial score (nSPS) is 12.0. The van der Waals surface area contributed by atoms with E-state index in [-0.39, 0.29) is 23.4 Å². The fraction of sp³-hybridized carbons (Fsp3) is 0.273. The number of hydrogen-bond donors (Lipinski definition) is 1. The van der Waals surface area contributed by atoms with Gasteiger partial charge < -0.3 is 14.4 Å². The van der Waals surface area contributed by atoms with E-state index in [1.165, 1.54) is 6.07 Å². The molecule has 0 saturated carbocycles. The Kier molecular flexibility index (Phi) is 6.25. The number of Topliss-reactive ketones (excluding diaryl/α,β-unsaturated/α-hetero) is 1. The molecular weight excluding hydrogens is 391 g/mol. The maximum atomic E-state index is 13.9. The minimum Gasteiger partial charge on any atom is -0.481 e. The van der Waals surface area contributed by atoms with Gasteiger partial charge in [-0.3, -0.25) is 4.79 Å². The first-order chi connectivity index (χ1) is 14.3. The molecule has 0 saturated heterocycles. The Morgan fingerprint density at radius 2 is 1.87 bits per heavy atom.